The number of benzene rings is 1. The Kier molecular flexibility index (Phi) is 5.78. The lowest BCUT2D eigenvalue weighted by atomic mass is 10.1. The van der Waals surface area contributed by atoms with E-state index in [9.17, 15) is 14.0 Å². The molecule has 0 fully saturated rings. The van der Waals surface area contributed by atoms with Crippen LogP contribution in [0.15, 0.2) is 55.0 Å². The van der Waals surface area contributed by atoms with Crippen LogP contribution in [0.4, 0.5) is 15.9 Å². The number of aromatic nitrogens is 3. The van der Waals surface area contributed by atoms with Crippen LogP contribution < -0.4 is 15.0 Å². The van der Waals surface area contributed by atoms with Gasteiger partial charge in [-0.05, 0) is 48.9 Å². The highest BCUT2D eigenvalue weighted by Gasteiger charge is 2.18. The highest BCUT2D eigenvalue weighted by molar-refractivity contribution is 6.06. The number of methoxy groups -OCH3 is 1. The lowest BCUT2D eigenvalue weighted by Crippen LogP contribution is -2.26. The number of fused-ring (bicyclic) bond motifs is 1. The quantitative estimate of drug-likeness (QED) is 0.498. The van der Waals surface area contributed by atoms with E-state index in [-0.39, 0.29) is 17.6 Å². The first-order chi connectivity index (χ1) is 15.8. The summed E-state index contributed by atoms with van der Waals surface area (Å²) in [5.74, 6) is -0.577. The predicted octanol–water partition coefficient (Wildman–Crippen LogP) is 4.09. The zero-order chi connectivity index (χ0) is 23.7. The SMILES string of the molecule is COc1cc(C(=O)N(C)c2cc(C)c3ncc(-c4ccc(NC(C)=O)nc4)n3c2)ccc1F. The predicted molar refractivity (Wildman–Crippen MR) is 123 cm³/mol. The Morgan fingerprint density at radius 1 is 1.12 bits per heavy atom. The standard InChI is InChI=1S/C24H22FN5O3/c1-14-9-18(29(3)24(32)16-5-7-19(25)21(10-16)33-4)13-30-20(12-27-23(14)30)17-6-8-22(26-11-17)28-15(2)31/h5-13H,1-4H3,(H,26,28,31). The van der Waals surface area contributed by atoms with Gasteiger partial charge in [0, 0.05) is 37.5 Å². The highest BCUT2D eigenvalue weighted by atomic mass is 19.1. The van der Waals surface area contributed by atoms with E-state index in [1.165, 1.54) is 37.1 Å². The van der Waals surface area contributed by atoms with Gasteiger partial charge >= 0.3 is 0 Å². The molecule has 0 saturated carbocycles. The van der Waals surface area contributed by atoms with Gasteiger partial charge in [0.25, 0.3) is 5.91 Å². The van der Waals surface area contributed by atoms with Crippen LogP contribution in [0.1, 0.15) is 22.8 Å². The van der Waals surface area contributed by atoms with Gasteiger partial charge in [0.15, 0.2) is 11.6 Å². The molecule has 0 bridgehead atoms. The van der Waals surface area contributed by atoms with Gasteiger partial charge in [-0.15, -0.1) is 0 Å². The van der Waals surface area contributed by atoms with E-state index in [1.54, 1.807) is 25.5 Å². The van der Waals surface area contributed by atoms with Crippen molar-refractivity contribution in [2.45, 2.75) is 13.8 Å². The lowest BCUT2D eigenvalue weighted by Gasteiger charge is -2.19. The van der Waals surface area contributed by atoms with Crippen LogP contribution in [-0.2, 0) is 4.79 Å². The third-order valence-electron chi connectivity index (χ3n) is 5.23. The van der Waals surface area contributed by atoms with E-state index in [2.05, 4.69) is 15.3 Å². The minimum atomic E-state index is -0.532. The lowest BCUT2D eigenvalue weighted by molar-refractivity contribution is -0.114. The van der Waals surface area contributed by atoms with Crippen molar-refractivity contribution in [2.75, 3.05) is 24.4 Å². The number of hydrogen-bond acceptors (Lipinski definition) is 5. The number of nitrogens with one attached hydrogen (secondary N) is 1. The zero-order valence-corrected chi connectivity index (χ0v) is 18.6. The van der Waals surface area contributed by atoms with Crippen molar-refractivity contribution in [1.29, 1.82) is 0 Å². The van der Waals surface area contributed by atoms with Crippen LogP contribution in [-0.4, -0.2) is 40.3 Å². The molecule has 33 heavy (non-hydrogen) atoms. The van der Waals surface area contributed by atoms with E-state index in [1.807, 2.05) is 29.7 Å². The number of halogens is 1. The van der Waals surface area contributed by atoms with Crippen molar-refractivity contribution in [1.82, 2.24) is 14.4 Å². The molecule has 0 atom stereocenters. The molecule has 0 spiro atoms. The van der Waals surface area contributed by atoms with Gasteiger partial charge < -0.3 is 15.0 Å². The number of anilines is 2. The van der Waals surface area contributed by atoms with Gasteiger partial charge in [-0.3, -0.25) is 14.0 Å². The molecule has 9 heteroatoms. The molecule has 0 radical (unpaired) electrons. The number of aryl methyl sites for hydroxylation is 1. The Bertz CT molecular complexity index is 1360. The van der Waals surface area contributed by atoms with E-state index >= 15 is 0 Å². The summed E-state index contributed by atoms with van der Waals surface area (Å²) in [6, 6.07) is 9.42. The first kappa shape index (κ1) is 21.9. The maximum Gasteiger partial charge on any atom is 0.258 e. The molecule has 0 aliphatic carbocycles. The molecule has 0 saturated heterocycles. The summed E-state index contributed by atoms with van der Waals surface area (Å²) in [5.41, 5.74) is 4.13. The van der Waals surface area contributed by atoms with Crippen molar-refractivity contribution in [3.8, 4) is 17.0 Å². The van der Waals surface area contributed by atoms with Crippen LogP contribution in [0.5, 0.6) is 5.75 Å². The van der Waals surface area contributed by atoms with Crippen LogP contribution in [0.3, 0.4) is 0 Å². The molecule has 0 unspecified atom stereocenters. The van der Waals surface area contributed by atoms with Gasteiger partial charge in [0.1, 0.15) is 11.5 Å². The summed E-state index contributed by atoms with van der Waals surface area (Å²) in [6.45, 7) is 3.33. The number of amides is 2. The Labute approximate surface area is 189 Å². The average Bonchev–Trinajstić information content (AvgIpc) is 3.23. The Hall–Kier alpha value is -4.27. The number of carbonyl (C=O) groups is 2. The van der Waals surface area contributed by atoms with Gasteiger partial charge in [0.2, 0.25) is 5.91 Å². The molecule has 168 valence electrons. The second kappa shape index (κ2) is 8.70. The number of imidazole rings is 1. The number of ether oxygens (including phenoxy) is 1. The molecule has 8 nitrogen and oxygen atoms in total. The van der Waals surface area contributed by atoms with Crippen molar-refractivity contribution < 1.29 is 18.7 Å². The molecule has 0 aliphatic rings. The number of carbonyl (C=O) groups excluding carboxylic acids is 2. The fourth-order valence-electron chi connectivity index (χ4n) is 3.54. The minimum absolute atomic E-state index is 0.00740. The van der Waals surface area contributed by atoms with E-state index < -0.39 is 5.82 Å². The number of hydrogen-bond donors (Lipinski definition) is 1. The monoisotopic (exact) mass is 447 g/mol. The van der Waals surface area contributed by atoms with Gasteiger partial charge in [-0.1, -0.05) is 0 Å². The number of nitrogens with zero attached hydrogens (tertiary/aromatic N) is 4. The maximum atomic E-state index is 13.8. The van der Waals surface area contributed by atoms with Crippen LogP contribution in [0.2, 0.25) is 0 Å². The smallest absolute Gasteiger partial charge is 0.258 e. The second-order valence-corrected chi connectivity index (χ2v) is 7.55. The number of rotatable bonds is 5. The van der Waals surface area contributed by atoms with E-state index in [0.29, 0.717) is 17.1 Å². The third kappa shape index (κ3) is 4.25. The van der Waals surface area contributed by atoms with Crippen molar-refractivity contribution in [2.24, 2.45) is 0 Å². The van der Waals surface area contributed by atoms with Gasteiger partial charge in [-0.2, -0.15) is 0 Å². The third-order valence-corrected chi connectivity index (χ3v) is 5.23. The van der Waals surface area contributed by atoms with Gasteiger partial charge in [0.05, 0.1) is 24.7 Å². The first-order valence-corrected chi connectivity index (χ1v) is 10.1. The van der Waals surface area contributed by atoms with E-state index in [0.717, 1.165) is 22.5 Å². The average molecular weight is 447 g/mol. The summed E-state index contributed by atoms with van der Waals surface area (Å²) < 4.78 is 20.6. The topological polar surface area (TPSA) is 88.8 Å². The first-order valence-electron chi connectivity index (χ1n) is 10.1. The van der Waals surface area contributed by atoms with E-state index in [4.69, 9.17) is 4.74 Å². The second-order valence-electron chi connectivity index (χ2n) is 7.55. The minimum Gasteiger partial charge on any atom is -0.494 e. The normalized spacial score (nSPS) is 10.8. The summed E-state index contributed by atoms with van der Waals surface area (Å²) in [6.07, 6.45) is 5.19. The summed E-state index contributed by atoms with van der Waals surface area (Å²) in [5, 5.41) is 2.64. The molecule has 1 aromatic carbocycles. The molecule has 4 rings (SSSR count). The largest absolute Gasteiger partial charge is 0.494 e. The molecular formula is C24H22FN5O3. The molecule has 0 aliphatic heterocycles. The maximum absolute atomic E-state index is 13.8. The fraction of sp³-hybridized carbons (Fsp3) is 0.167. The van der Waals surface area contributed by atoms with Crippen molar-refractivity contribution in [3.05, 3.63) is 71.9 Å². The molecule has 4 aromatic rings. The molecule has 1 N–H and O–H groups in total. The van der Waals surface area contributed by atoms with Crippen molar-refractivity contribution >= 4 is 29.0 Å². The molecular weight excluding hydrogens is 425 g/mol. The summed E-state index contributed by atoms with van der Waals surface area (Å²) in [7, 11) is 3.00. The Morgan fingerprint density at radius 3 is 2.58 bits per heavy atom. The summed E-state index contributed by atoms with van der Waals surface area (Å²) in [4.78, 5) is 34.6. The zero-order valence-electron chi connectivity index (χ0n) is 18.6. The van der Waals surface area contributed by atoms with Crippen LogP contribution in [0, 0.1) is 12.7 Å². The van der Waals surface area contributed by atoms with Crippen molar-refractivity contribution in [3.63, 3.8) is 0 Å². The highest BCUT2D eigenvalue weighted by Crippen LogP contribution is 2.27. The molecule has 3 aromatic heterocycles. The van der Waals surface area contributed by atoms with Crippen LogP contribution in [0.25, 0.3) is 16.9 Å². The molecule has 3 heterocycles. The Morgan fingerprint density at radius 2 is 1.91 bits per heavy atom. The Balaban J connectivity index is 1.71. The number of pyridine rings is 2. The summed E-state index contributed by atoms with van der Waals surface area (Å²) >= 11 is 0. The van der Waals surface area contributed by atoms with Gasteiger partial charge in [-0.25, -0.2) is 14.4 Å². The van der Waals surface area contributed by atoms with Crippen LogP contribution >= 0.6 is 0 Å². The molecule has 2 amide bonds. The fourth-order valence-corrected chi connectivity index (χ4v) is 3.54.